The standard InChI is InChI=1S/C11H18N4OS/c1-3-9-10(17-14-13-9)11(16)15-6-4-5-8(7-15)12-2/h8,12H,3-7H2,1-2H3/t8-/m0/s1. The molecule has 1 fully saturated rings. The van der Waals surface area contributed by atoms with Crippen LogP contribution < -0.4 is 5.32 Å². The maximum atomic E-state index is 12.3. The minimum Gasteiger partial charge on any atom is -0.336 e. The zero-order valence-corrected chi connectivity index (χ0v) is 11.1. The topological polar surface area (TPSA) is 58.1 Å². The molecule has 0 unspecified atom stereocenters. The number of aromatic nitrogens is 2. The van der Waals surface area contributed by atoms with Crippen molar-refractivity contribution in [3.05, 3.63) is 10.6 Å². The summed E-state index contributed by atoms with van der Waals surface area (Å²) in [5.41, 5.74) is 0.826. The molecule has 0 aromatic carbocycles. The Labute approximate surface area is 105 Å². The number of nitrogens with one attached hydrogen (secondary N) is 1. The first-order valence-electron chi connectivity index (χ1n) is 6.04. The average Bonchev–Trinajstić information content (AvgIpc) is 2.86. The van der Waals surface area contributed by atoms with Gasteiger partial charge in [-0.05, 0) is 37.8 Å². The van der Waals surface area contributed by atoms with E-state index in [2.05, 4.69) is 14.9 Å². The van der Waals surface area contributed by atoms with Crippen LogP contribution in [0.5, 0.6) is 0 Å². The molecule has 1 N–H and O–H groups in total. The molecule has 1 aliphatic heterocycles. The molecule has 17 heavy (non-hydrogen) atoms. The van der Waals surface area contributed by atoms with Crippen molar-refractivity contribution in [1.29, 1.82) is 0 Å². The fraction of sp³-hybridized carbons (Fsp3) is 0.727. The minimum atomic E-state index is 0.0943. The molecule has 1 atom stereocenters. The van der Waals surface area contributed by atoms with E-state index in [9.17, 15) is 4.79 Å². The number of hydrogen-bond acceptors (Lipinski definition) is 5. The van der Waals surface area contributed by atoms with Gasteiger partial charge < -0.3 is 10.2 Å². The lowest BCUT2D eigenvalue weighted by Crippen LogP contribution is -2.46. The Morgan fingerprint density at radius 2 is 2.47 bits per heavy atom. The third-order valence-electron chi connectivity index (χ3n) is 3.20. The number of carbonyl (C=O) groups excluding carboxylic acids is 1. The lowest BCUT2D eigenvalue weighted by atomic mass is 10.1. The number of hydrogen-bond donors (Lipinski definition) is 1. The Morgan fingerprint density at radius 3 is 3.18 bits per heavy atom. The number of carbonyl (C=O) groups is 1. The number of amides is 1. The van der Waals surface area contributed by atoms with Gasteiger partial charge in [0, 0.05) is 19.1 Å². The molecule has 94 valence electrons. The van der Waals surface area contributed by atoms with Crippen molar-refractivity contribution in [2.45, 2.75) is 32.2 Å². The molecule has 2 rings (SSSR count). The number of rotatable bonds is 3. The van der Waals surface area contributed by atoms with Crippen LogP contribution >= 0.6 is 11.5 Å². The van der Waals surface area contributed by atoms with E-state index in [0.29, 0.717) is 10.9 Å². The van der Waals surface area contributed by atoms with E-state index < -0.39 is 0 Å². The van der Waals surface area contributed by atoms with Gasteiger partial charge in [0.2, 0.25) is 0 Å². The Balaban J connectivity index is 2.09. The van der Waals surface area contributed by atoms with Gasteiger partial charge in [0.05, 0.1) is 5.69 Å². The molecule has 0 radical (unpaired) electrons. The fourth-order valence-electron chi connectivity index (χ4n) is 2.14. The van der Waals surface area contributed by atoms with Crippen LogP contribution in [0.25, 0.3) is 0 Å². The summed E-state index contributed by atoms with van der Waals surface area (Å²) in [5, 5.41) is 7.24. The SMILES string of the molecule is CCc1nnsc1C(=O)N1CCC[C@H](NC)C1. The second-order valence-corrected chi connectivity index (χ2v) is 5.04. The third kappa shape index (κ3) is 2.63. The number of likely N-dealkylation sites (tertiary alicyclic amines) is 1. The summed E-state index contributed by atoms with van der Waals surface area (Å²) in [5.74, 6) is 0.0943. The van der Waals surface area contributed by atoms with Crippen LogP contribution in [0.4, 0.5) is 0 Å². The first-order chi connectivity index (χ1) is 8.26. The molecule has 1 amide bonds. The lowest BCUT2D eigenvalue weighted by Gasteiger charge is -2.32. The van der Waals surface area contributed by atoms with E-state index in [0.717, 1.165) is 38.0 Å². The molecule has 2 heterocycles. The summed E-state index contributed by atoms with van der Waals surface area (Å²) >= 11 is 1.21. The highest BCUT2D eigenvalue weighted by molar-refractivity contribution is 7.08. The molecule has 1 saturated heterocycles. The van der Waals surface area contributed by atoms with Gasteiger partial charge in [-0.3, -0.25) is 4.79 Å². The summed E-state index contributed by atoms with van der Waals surface area (Å²) in [6.07, 6.45) is 2.97. The predicted molar refractivity (Wildman–Crippen MR) is 67.3 cm³/mol. The van der Waals surface area contributed by atoms with E-state index in [4.69, 9.17) is 0 Å². The molecule has 0 bridgehead atoms. The molecule has 1 aromatic heterocycles. The highest BCUT2D eigenvalue weighted by Crippen LogP contribution is 2.18. The van der Waals surface area contributed by atoms with E-state index in [1.165, 1.54) is 11.5 Å². The van der Waals surface area contributed by atoms with Crippen molar-refractivity contribution in [3.8, 4) is 0 Å². The predicted octanol–water partition coefficient (Wildman–Crippen LogP) is 0.924. The van der Waals surface area contributed by atoms with E-state index in [1.54, 1.807) is 0 Å². The summed E-state index contributed by atoms with van der Waals surface area (Å²) < 4.78 is 3.88. The number of likely N-dealkylation sites (N-methyl/N-ethyl adjacent to an activating group) is 1. The Bertz CT molecular complexity index is 393. The van der Waals surface area contributed by atoms with Crippen LogP contribution in [-0.4, -0.2) is 46.6 Å². The number of aryl methyl sites for hydroxylation is 1. The van der Waals surface area contributed by atoms with Gasteiger partial charge in [0.25, 0.3) is 5.91 Å². The molecular weight excluding hydrogens is 236 g/mol. The van der Waals surface area contributed by atoms with Crippen molar-refractivity contribution >= 4 is 17.4 Å². The van der Waals surface area contributed by atoms with Gasteiger partial charge in [-0.1, -0.05) is 11.4 Å². The van der Waals surface area contributed by atoms with Gasteiger partial charge in [-0.2, -0.15) is 0 Å². The summed E-state index contributed by atoms with van der Waals surface area (Å²) in [6.45, 7) is 3.63. The molecule has 5 nitrogen and oxygen atoms in total. The van der Waals surface area contributed by atoms with Crippen molar-refractivity contribution in [2.24, 2.45) is 0 Å². The zero-order valence-electron chi connectivity index (χ0n) is 10.3. The van der Waals surface area contributed by atoms with Crippen molar-refractivity contribution < 1.29 is 4.79 Å². The summed E-state index contributed by atoms with van der Waals surface area (Å²) in [4.78, 5) is 15.0. The van der Waals surface area contributed by atoms with Crippen LogP contribution in [0.3, 0.4) is 0 Å². The zero-order chi connectivity index (χ0) is 12.3. The highest BCUT2D eigenvalue weighted by atomic mass is 32.1. The lowest BCUT2D eigenvalue weighted by molar-refractivity contribution is 0.0702. The summed E-state index contributed by atoms with van der Waals surface area (Å²) in [6, 6.07) is 0.415. The van der Waals surface area contributed by atoms with Crippen molar-refractivity contribution in [3.63, 3.8) is 0 Å². The molecule has 1 aromatic rings. The van der Waals surface area contributed by atoms with Crippen LogP contribution in [0.1, 0.15) is 35.1 Å². The van der Waals surface area contributed by atoms with Crippen LogP contribution in [0.15, 0.2) is 0 Å². The maximum absolute atomic E-state index is 12.3. The first-order valence-corrected chi connectivity index (χ1v) is 6.81. The van der Waals surface area contributed by atoms with Gasteiger partial charge >= 0.3 is 0 Å². The second-order valence-electron chi connectivity index (χ2n) is 4.28. The van der Waals surface area contributed by atoms with E-state index >= 15 is 0 Å². The second kappa shape index (κ2) is 5.55. The van der Waals surface area contributed by atoms with Crippen LogP contribution in [0.2, 0.25) is 0 Å². The Hall–Kier alpha value is -1.01. The van der Waals surface area contributed by atoms with Crippen molar-refractivity contribution in [1.82, 2.24) is 19.8 Å². The van der Waals surface area contributed by atoms with Crippen LogP contribution in [-0.2, 0) is 6.42 Å². The normalized spacial score (nSPS) is 20.6. The quantitative estimate of drug-likeness (QED) is 0.871. The van der Waals surface area contributed by atoms with E-state index in [-0.39, 0.29) is 5.91 Å². The molecule has 0 saturated carbocycles. The number of nitrogens with zero attached hydrogens (tertiary/aromatic N) is 3. The third-order valence-corrected chi connectivity index (χ3v) is 3.96. The molecular formula is C11H18N4OS. The largest absolute Gasteiger partial charge is 0.336 e. The van der Waals surface area contributed by atoms with Crippen LogP contribution in [0, 0.1) is 0 Å². The maximum Gasteiger partial charge on any atom is 0.267 e. The van der Waals surface area contributed by atoms with E-state index in [1.807, 2.05) is 18.9 Å². The Kier molecular flexibility index (Phi) is 4.06. The van der Waals surface area contributed by atoms with Gasteiger partial charge in [0.1, 0.15) is 4.88 Å². The Morgan fingerprint density at radius 1 is 1.65 bits per heavy atom. The highest BCUT2D eigenvalue weighted by Gasteiger charge is 2.26. The smallest absolute Gasteiger partial charge is 0.267 e. The minimum absolute atomic E-state index is 0.0943. The van der Waals surface area contributed by atoms with Gasteiger partial charge in [0.15, 0.2) is 0 Å². The first kappa shape index (κ1) is 12.4. The van der Waals surface area contributed by atoms with Crippen molar-refractivity contribution in [2.75, 3.05) is 20.1 Å². The average molecular weight is 254 g/mol. The fourth-order valence-corrected chi connectivity index (χ4v) is 2.86. The molecule has 0 spiro atoms. The number of piperidine rings is 1. The molecule has 1 aliphatic rings. The van der Waals surface area contributed by atoms with Gasteiger partial charge in [-0.25, -0.2) is 0 Å². The monoisotopic (exact) mass is 254 g/mol. The summed E-state index contributed by atoms with van der Waals surface area (Å²) in [7, 11) is 1.95. The molecule has 6 heteroatoms. The molecule has 0 aliphatic carbocycles. The van der Waals surface area contributed by atoms with Gasteiger partial charge in [-0.15, -0.1) is 5.10 Å².